The van der Waals surface area contributed by atoms with Gasteiger partial charge in [0.15, 0.2) is 0 Å². The van der Waals surface area contributed by atoms with Crippen LogP contribution in [0.5, 0.6) is 0 Å². The molecule has 0 spiro atoms. The van der Waals surface area contributed by atoms with E-state index in [2.05, 4.69) is 0 Å². The van der Waals surface area contributed by atoms with Crippen LogP contribution < -0.4 is 0 Å². The third-order valence-corrected chi connectivity index (χ3v) is 2.87. The van der Waals surface area contributed by atoms with Crippen LogP contribution in [0, 0.1) is 13.2 Å². The molecule has 0 bridgehead atoms. The maximum absolute atomic E-state index is 8.94. The van der Waals surface area contributed by atoms with Crippen molar-refractivity contribution >= 4 is 0 Å². The average molecular weight is 426 g/mol. The third-order valence-electron chi connectivity index (χ3n) is 2.87. The summed E-state index contributed by atoms with van der Waals surface area (Å²) in [4.78, 5) is 0. The van der Waals surface area contributed by atoms with Crippen LogP contribution in [0.1, 0.15) is 0 Å². The van der Waals surface area contributed by atoms with Crippen molar-refractivity contribution in [1.82, 2.24) is 0 Å². The first-order chi connectivity index (χ1) is 12.1. The molecule has 0 unspecified atom stereocenters. The minimum atomic E-state index is -1.72. The van der Waals surface area contributed by atoms with E-state index in [0.717, 1.165) is 20.4 Å². The Hall–Kier alpha value is 0.0343. The van der Waals surface area contributed by atoms with Crippen molar-refractivity contribution < 1.29 is 85.0 Å². The molecule has 0 saturated carbocycles. The van der Waals surface area contributed by atoms with Gasteiger partial charge < -0.3 is 61.3 Å². The van der Waals surface area contributed by atoms with Gasteiger partial charge in [-0.25, -0.2) is 0 Å². The van der Waals surface area contributed by atoms with Gasteiger partial charge in [0.1, 0.15) is 24.4 Å². The van der Waals surface area contributed by atoms with E-state index in [4.69, 9.17) is 64.6 Å². The summed E-state index contributed by atoms with van der Waals surface area (Å²) in [5.74, 6) is 0. The predicted octanol–water partition coefficient (Wildman–Crippen LogP) is -6.21. The van der Waals surface area contributed by atoms with Crippen molar-refractivity contribution in [2.75, 3.05) is 13.2 Å². The maximum atomic E-state index is 8.94. The van der Waals surface area contributed by atoms with Crippen molar-refractivity contribution in [3.8, 4) is 0 Å². The Morgan fingerprint density at radius 1 is 0.577 bits per heavy atom. The molecule has 0 fully saturated rings. The molecule has 0 aliphatic carbocycles. The zero-order valence-corrected chi connectivity index (χ0v) is 15.0. The average Bonchev–Trinajstić information content (AvgIpc) is 2.70. The summed E-state index contributed by atoms with van der Waals surface area (Å²) in [5, 5.41) is 104. The van der Waals surface area contributed by atoms with Crippen molar-refractivity contribution in [3.05, 3.63) is 13.2 Å². The van der Waals surface area contributed by atoms with Gasteiger partial charge in [-0.05, 0) is 12.2 Å². The standard InChI is InChI=1S/2C6H13O6.O.Ti/c2*7-1-3(9)5(11)6(12)4(10)2-8;;/h2*1,3-12H,2H2;;/q2*-1;;+2/t2*3-,4+,5+,6+;;/m00../s1. The van der Waals surface area contributed by atoms with Crippen LogP contribution in [0.4, 0.5) is 0 Å². The van der Waals surface area contributed by atoms with E-state index in [1.165, 1.54) is 0 Å². The fourth-order valence-corrected chi connectivity index (χ4v) is 1.25. The third kappa shape index (κ3) is 12.4. The molecule has 0 aliphatic rings. The van der Waals surface area contributed by atoms with Gasteiger partial charge in [-0.1, -0.05) is 0 Å². The van der Waals surface area contributed by atoms with E-state index >= 15 is 0 Å². The van der Waals surface area contributed by atoms with Gasteiger partial charge in [0, 0.05) is 0 Å². The summed E-state index contributed by atoms with van der Waals surface area (Å²) in [6.07, 6.45) is -13.2. The minimum absolute atomic E-state index is 0.276. The number of aliphatic hydroxyl groups is 12. The molecule has 12 N–H and O–H groups in total. The first-order valence-electron chi connectivity index (χ1n) is 6.90. The quantitative estimate of drug-likeness (QED) is 0.115. The molecule has 0 saturated heterocycles. The van der Waals surface area contributed by atoms with E-state index in [9.17, 15) is 0 Å². The second-order valence-electron chi connectivity index (χ2n) is 4.74. The molecule has 156 valence electrons. The van der Waals surface area contributed by atoms with Crippen molar-refractivity contribution in [2.45, 2.75) is 48.8 Å². The molecule has 0 aromatic rings. The Morgan fingerprint density at radius 3 is 0.962 bits per heavy atom. The SMILES string of the molecule is O[CH-][C@H](O)[C@@H](O)[C@H](O)[C@H](O)CO.O[CH-][C@H](O)[C@@H](O)[C@H](O)[C@H](O)CO.[O]=[Ti+2]. The molecular weight excluding hydrogens is 400 g/mol. The Kier molecular flexibility index (Phi) is 21.8. The normalized spacial score (nSPS) is 20.1. The molecule has 13 nitrogen and oxygen atoms in total. The van der Waals surface area contributed by atoms with Crippen LogP contribution in [0.15, 0.2) is 0 Å². The zero-order chi connectivity index (χ0) is 21.4. The molecule has 26 heavy (non-hydrogen) atoms. The van der Waals surface area contributed by atoms with Crippen LogP contribution in [-0.2, 0) is 23.7 Å². The second kappa shape index (κ2) is 18.4. The molecule has 8 atom stereocenters. The second-order valence-corrected chi connectivity index (χ2v) is 4.74. The van der Waals surface area contributed by atoms with Crippen molar-refractivity contribution in [2.24, 2.45) is 0 Å². The van der Waals surface area contributed by atoms with Gasteiger partial charge in [-0.3, -0.25) is 0 Å². The van der Waals surface area contributed by atoms with Crippen LogP contribution in [-0.4, -0.2) is 123 Å². The molecule has 0 aromatic heterocycles. The Bertz CT molecular complexity index is 257. The first-order valence-corrected chi connectivity index (χ1v) is 7.54. The number of aliphatic hydroxyl groups excluding tert-OH is 12. The molecular formula is C12H26O13Ti. The van der Waals surface area contributed by atoms with Gasteiger partial charge >= 0.3 is 23.7 Å². The summed E-state index contributed by atoms with van der Waals surface area (Å²) in [6, 6.07) is 0. The van der Waals surface area contributed by atoms with Crippen LogP contribution in [0.25, 0.3) is 0 Å². The van der Waals surface area contributed by atoms with Gasteiger partial charge in [-0.2, -0.15) is 13.2 Å². The molecule has 0 radical (unpaired) electrons. The topological polar surface area (TPSA) is 260 Å². The van der Waals surface area contributed by atoms with Crippen molar-refractivity contribution in [1.29, 1.82) is 0 Å². The van der Waals surface area contributed by atoms with Gasteiger partial charge in [0.2, 0.25) is 0 Å². The van der Waals surface area contributed by atoms with E-state index in [1.54, 1.807) is 0 Å². The Morgan fingerprint density at radius 2 is 0.808 bits per heavy atom. The molecule has 0 aromatic carbocycles. The van der Waals surface area contributed by atoms with Crippen molar-refractivity contribution in [3.63, 3.8) is 0 Å². The van der Waals surface area contributed by atoms with Crippen LogP contribution in [0.3, 0.4) is 0 Å². The van der Waals surface area contributed by atoms with Gasteiger partial charge in [-0.15, -0.1) is 0 Å². The molecule has 0 heterocycles. The van der Waals surface area contributed by atoms with Gasteiger partial charge in [0.05, 0.1) is 25.4 Å². The fraction of sp³-hybridized carbons (Fsp3) is 0.833. The summed E-state index contributed by atoms with van der Waals surface area (Å²) < 4.78 is 8.25. The van der Waals surface area contributed by atoms with E-state index < -0.39 is 62.0 Å². The predicted molar refractivity (Wildman–Crippen MR) is 75.4 cm³/mol. The van der Waals surface area contributed by atoms with E-state index in [0.29, 0.717) is 0 Å². The van der Waals surface area contributed by atoms with Crippen LogP contribution >= 0.6 is 0 Å². The molecule has 0 rings (SSSR count). The fourth-order valence-electron chi connectivity index (χ4n) is 1.25. The molecule has 14 heteroatoms. The van der Waals surface area contributed by atoms with Gasteiger partial charge in [0.25, 0.3) is 0 Å². The zero-order valence-electron chi connectivity index (χ0n) is 13.5. The number of hydrogen-bond donors (Lipinski definition) is 12. The summed E-state index contributed by atoms with van der Waals surface area (Å²) >= 11 is 0.750. The summed E-state index contributed by atoms with van der Waals surface area (Å²) in [6.45, 7) is -0.928. The monoisotopic (exact) mass is 426 g/mol. The summed E-state index contributed by atoms with van der Waals surface area (Å²) in [7, 11) is 0. The Balaban J connectivity index is -0.000000371. The Labute approximate surface area is 160 Å². The van der Waals surface area contributed by atoms with Crippen LogP contribution in [0.2, 0.25) is 0 Å². The number of rotatable bonds is 10. The number of hydrogen-bond acceptors (Lipinski definition) is 13. The van der Waals surface area contributed by atoms with E-state index in [-0.39, 0.29) is 13.2 Å². The molecule has 0 amide bonds. The molecule has 0 aliphatic heterocycles. The summed E-state index contributed by atoms with van der Waals surface area (Å²) in [5.41, 5.74) is 0. The first kappa shape index (κ1) is 30.8. The van der Waals surface area contributed by atoms with E-state index in [1.807, 2.05) is 0 Å².